The molecule has 1 rings (SSSR count). The van der Waals surface area contributed by atoms with E-state index in [0.717, 1.165) is 0 Å². The molecule has 98 valence electrons. The van der Waals surface area contributed by atoms with E-state index in [4.69, 9.17) is 9.84 Å². The van der Waals surface area contributed by atoms with Crippen LogP contribution in [0.2, 0.25) is 0 Å². The van der Waals surface area contributed by atoms with E-state index in [1.54, 1.807) is 6.92 Å². The van der Waals surface area contributed by atoms with Crippen LogP contribution >= 0.6 is 0 Å². The molecule has 0 aromatic carbocycles. The fourth-order valence-corrected chi connectivity index (χ4v) is 1.54. The van der Waals surface area contributed by atoms with Crippen molar-refractivity contribution >= 4 is 11.9 Å². The number of aromatic nitrogens is 2. The molecule has 1 aromatic heterocycles. The molecule has 1 unspecified atom stereocenters. The molecule has 1 heterocycles. The van der Waals surface area contributed by atoms with Crippen molar-refractivity contribution in [3.8, 4) is 0 Å². The SMILES string of the molecule is COCC(C)(CC(=O)O)NC(=O)c1cnccn1. The molecule has 7 heteroatoms. The summed E-state index contributed by atoms with van der Waals surface area (Å²) < 4.78 is 4.93. The first-order valence-electron chi connectivity index (χ1n) is 5.26. The minimum atomic E-state index is -1.02. The van der Waals surface area contributed by atoms with Crippen molar-refractivity contribution in [2.75, 3.05) is 13.7 Å². The molecule has 0 aliphatic heterocycles. The molecule has 0 bridgehead atoms. The van der Waals surface area contributed by atoms with Crippen LogP contribution in [-0.2, 0) is 9.53 Å². The summed E-state index contributed by atoms with van der Waals surface area (Å²) in [5, 5.41) is 11.4. The van der Waals surface area contributed by atoms with Crippen LogP contribution in [0.3, 0.4) is 0 Å². The highest BCUT2D eigenvalue weighted by Crippen LogP contribution is 2.11. The number of aliphatic carboxylic acids is 1. The van der Waals surface area contributed by atoms with Gasteiger partial charge in [-0.05, 0) is 6.92 Å². The van der Waals surface area contributed by atoms with Gasteiger partial charge in [0.1, 0.15) is 5.69 Å². The predicted octanol–water partition coefficient (Wildman–Crippen LogP) is 0.0862. The van der Waals surface area contributed by atoms with Gasteiger partial charge in [0.25, 0.3) is 5.91 Å². The fourth-order valence-electron chi connectivity index (χ4n) is 1.54. The van der Waals surface area contributed by atoms with Gasteiger partial charge in [-0.3, -0.25) is 14.6 Å². The molecule has 18 heavy (non-hydrogen) atoms. The number of methoxy groups -OCH3 is 1. The molecule has 7 nitrogen and oxygen atoms in total. The van der Waals surface area contributed by atoms with Crippen molar-refractivity contribution in [2.24, 2.45) is 0 Å². The number of amides is 1. The first-order valence-corrected chi connectivity index (χ1v) is 5.26. The maximum atomic E-state index is 11.9. The van der Waals surface area contributed by atoms with Crippen LogP contribution in [0.5, 0.6) is 0 Å². The molecule has 1 atom stereocenters. The Hall–Kier alpha value is -2.02. The molecule has 0 aliphatic rings. The van der Waals surface area contributed by atoms with E-state index in [9.17, 15) is 9.59 Å². The number of ether oxygens (including phenoxy) is 1. The summed E-state index contributed by atoms with van der Waals surface area (Å²) in [5.74, 6) is -1.50. The predicted molar refractivity (Wildman–Crippen MR) is 62.0 cm³/mol. The number of nitrogens with zero attached hydrogens (tertiary/aromatic N) is 2. The van der Waals surface area contributed by atoms with Crippen LogP contribution in [0.4, 0.5) is 0 Å². The average Bonchev–Trinajstić information content (AvgIpc) is 2.28. The van der Waals surface area contributed by atoms with Crippen LogP contribution in [-0.4, -0.2) is 46.2 Å². The zero-order chi connectivity index (χ0) is 13.6. The normalized spacial score (nSPS) is 13.7. The van der Waals surface area contributed by atoms with E-state index in [2.05, 4.69) is 15.3 Å². The minimum absolute atomic E-state index is 0.0886. The maximum absolute atomic E-state index is 11.9. The first kappa shape index (κ1) is 14.0. The lowest BCUT2D eigenvalue weighted by molar-refractivity contribution is -0.139. The van der Waals surface area contributed by atoms with Gasteiger partial charge >= 0.3 is 5.97 Å². The molecular weight excluding hydrogens is 238 g/mol. The largest absolute Gasteiger partial charge is 0.481 e. The Morgan fingerprint density at radius 2 is 2.22 bits per heavy atom. The number of nitrogens with one attached hydrogen (secondary N) is 1. The number of carboxylic acids is 1. The van der Waals surface area contributed by atoms with Gasteiger partial charge in [-0.2, -0.15) is 0 Å². The molecular formula is C11H15N3O4. The number of rotatable bonds is 6. The van der Waals surface area contributed by atoms with E-state index in [1.165, 1.54) is 25.7 Å². The van der Waals surface area contributed by atoms with Gasteiger partial charge in [-0.1, -0.05) is 0 Å². The Morgan fingerprint density at radius 1 is 1.50 bits per heavy atom. The van der Waals surface area contributed by atoms with Crippen LogP contribution in [0.1, 0.15) is 23.8 Å². The van der Waals surface area contributed by atoms with Crippen molar-refractivity contribution < 1.29 is 19.4 Å². The summed E-state index contributed by atoms with van der Waals surface area (Å²) in [5.41, 5.74) is -0.861. The van der Waals surface area contributed by atoms with Crippen molar-refractivity contribution in [1.82, 2.24) is 15.3 Å². The summed E-state index contributed by atoms with van der Waals surface area (Å²) >= 11 is 0. The summed E-state index contributed by atoms with van der Waals surface area (Å²) in [6.45, 7) is 1.68. The molecule has 1 aromatic rings. The molecule has 0 aliphatic carbocycles. The van der Waals surface area contributed by atoms with Gasteiger partial charge < -0.3 is 15.2 Å². The lowest BCUT2D eigenvalue weighted by Crippen LogP contribution is -2.51. The topological polar surface area (TPSA) is 101 Å². The molecule has 0 saturated heterocycles. The van der Waals surface area contributed by atoms with E-state index >= 15 is 0 Å². The lowest BCUT2D eigenvalue weighted by Gasteiger charge is -2.28. The number of carboxylic acid groups (broad SMARTS) is 1. The minimum Gasteiger partial charge on any atom is -0.481 e. The Bertz CT molecular complexity index is 424. The van der Waals surface area contributed by atoms with Gasteiger partial charge in [-0.25, -0.2) is 4.98 Å². The number of hydrogen-bond donors (Lipinski definition) is 2. The van der Waals surface area contributed by atoms with E-state index in [-0.39, 0.29) is 18.7 Å². The summed E-state index contributed by atoms with van der Waals surface area (Å²) in [6, 6.07) is 0. The van der Waals surface area contributed by atoms with Crippen molar-refractivity contribution in [3.63, 3.8) is 0 Å². The van der Waals surface area contributed by atoms with Gasteiger partial charge in [0.15, 0.2) is 0 Å². The Morgan fingerprint density at radius 3 is 2.72 bits per heavy atom. The number of carbonyl (C=O) groups excluding carboxylic acids is 1. The highest BCUT2D eigenvalue weighted by Gasteiger charge is 2.30. The summed E-state index contributed by atoms with van der Waals surface area (Å²) in [6.07, 6.45) is 3.90. The summed E-state index contributed by atoms with van der Waals surface area (Å²) in [4.78, 5) is 30.2. The van der Waals surface area contributed by atoms with Crippen molar-refractivity contribution in [2.45, 2.75) is 18.9 Å². The number of hydrogen-bond acceptors (Lipinski definition) is 5. The zero-order valence-electron chi connectivity index (χ0n) is 10.2. The van der Waals surface area contributed by atoms with Crippen molar-refractivity contribution in [3.05, 3.63) is 24.3 Å². The van der Waals surface area contributed by atoms with Gasteiger partial charge in [0.05, 0.1) is 24.8 Å². The molecule has 0 saturated carbocycles. The van der Waals surface area contributed by atoms with Crippen LogP contribution < -0.4 is 5.32 Å². The van der Waals surface area contributed by atoms with Crippen LogP contribution in [0, 0.1) is 0 Å². The second kappa shape index (κ2) is 6.06. The Balaban J connectivity index is 2.78. The third-order valence-electron chi connectivity index (χ3n) is 2.22. The standard InChI is InChI=1S/C11H15N3O4/c1-11(7-18-2,5-9(15)16)14-10(17)8-6-12-3-4-13-8/h3-4,6H,5,7H2,1-2H3,(H,14,17)(H,15,16). The highest BCUT2D eigenvalue weighted by molar-refractivity contribution is 5.92. The molecule has 2 N–H and O–H groups in total. The fraction of sp³-hybridized carbons (Fsp3) is 0.455. The highest BCUT2D eigenvalue weighted by atomic mass is 16.5. The molecule has 0 fully saturated rings. The lowest BCUT2D eigenvalue weighted by atomic mass is 9.99. The Labute approximate surface area is 104 Å². The van der Waals surface area contributed by atoms with Gasteiger partial charge in [0, 0.05) is 19.5 Å². The smallest absolute Gasteiger partial charge is 0.305 e. The van der Waals surface area contributed by atoms with Crippen LogP contribution in [0.25, 0.3) is 0 Å². The van der Waals surface area contributed by atoms with E-state index in [0.29, 0.717) is 0 Å². The molecule has 1 amide bonds. The third-order valence-corrected chi connectivity index (χ3v) is 2.22. The van der Waals surface area contributed by atoms with Crippen molar-refractivity contribution in [1.29, 1.82) is 0 Å². The third kappa shape index (κ3) is 4.10. The van der Waals surface area contributed by atoms with Gasteiger partial charge in [0.2, 0.25) is 0 Å². The van der Waals surface area contributed by atoms with E-state index < -0.39 is 17.4 Å². The second-order valence-electron chi connectivity index (χ2n) is 4.11. The molecule has 0 radical (unpaired) electrons. The molecule has 0 spiro atoms. The maximum Gasteiger partial charge on any atom is 0.305 e. The summed E-state index contributed by atoms with van der Waals surface area (Å²) in [7, 11) is 1.44. The quantitative estimate of drug-likeness (QED) is 0.744. The Kier molecular flexibility index (Phi) is 4.73. The number of carbonyl (C=O) groups is 2. The van der Waals surface area contributed by atoms with Crippen LogP contribution in [0.15, 0.2) is 18.6 Å². The monoisotopic (exact) mass is 253 g/mol. The van der Waals surface area contributed by atoms with E-state index in [1.807, 2.05) is 0 Å². The van der Waals surface area contributed by atoms with Gasteiger partial charge in [-0.15, -0.1) is 0 Å². The zero-order valence-corrected chi connectivity index (χ0v) is 10.2. The average molecular weight is 253 g/mol. The second-order valence-corrected chi connectivity index (χ2v) is 4.11. The first-order chi connectivity index (χ1) is 8.47.